The lowest BCUT2D eigenvalue weighted by Gasteiger charge is -2.36. The van der Waals surface area contributed by atoms with Crippen LogP contribution in [-0.2, 0) is 4.74 Å². The topological polar surface area (TPSA) is 59.4 Å². The van der Waals surface area contributed by atoms with Gasteiger partial charge in [0.25, 0.3) is 5.91 Å². The van der Waals surface area contributed by atoms with E-state index in [9.17, 15) is 4.79 Å². The number of amides is 1. The molecule has 0 radical (unpaired) electrons. The SMILES string of the molecule is CC(C)C(CNC(=O)c1cn(-c2ccccc2)nc1-c1cccs1)N1CCOCC1. The molecule has 3 heterocycles. The Morgan fingerprint density at radius 2 is 1.93 bits per heavy atom. The van der Waals surface area contributed by atoms with Gasteiger partial charge in [-0.3, -0.25) is 9.69 Å². The molecule has 3 aromatic rings. The van der Waals surface area contributed by atoms with Crippen LogP contribution in [0.3, 0.4) is 0 Å². The van der Waals surface area contributed by atoms with Crippen LogP contribution in [-0.4, -0.2) is 59.5 Å². The van der Waals surface area contributed by atoms with Gasteiger partial charge in [-0.25, -0.2) is 4.68 Å². The number of carbonyl (C=O) groups excluding carboxylic acids is 1. The number of para-hydroxylation sites is 1. The van der Waals surface area contributed by atoms with Crippen molar-refractivity contribution in [1.82, 2.24) is 20.0 Å². The molecule has 0 saturated carbocycles. The summed E-state index contributed by atoms with van der Waals surface area (Å²) >= 11 is 1.59. The number of hydrogen-bond acceptors (Lipinski definition) is 5. The van der Waals surface area contributed by atoms with E-state index in [0.717, 1.165) is 42.6 Å². The molecule has 6 nitrogen and oxygen atoms in total. The van der Waals surface area contributed by atoms with Gasteiger partial charge in [0.1, 0.15) is 5.69 Å². The molecule has 2 aromatic heterocycles. The summed E-state index contributed by atoms with van der Waals surface area (Å²) in [4.78, 5) is 16.6. The molecule has 1 aliphatic rings. The molecule has 1 saturated heterocycles. The van der Waals surface area contributed by atoms with Gasteiger partial charge < -0.3 is 10.1 Å². The van der Waals surface area contributed by atoms with E-state index in [0.29, 0.717) is 18.0 Å². The number of aromatic nitrogens is 2. The van der Waals surface area contributed by atoms with E-state index < -0.39 is 0 Å². The third-order valence-corrected chi connectivity index (χ3v) is 6.37. The van der Waals surface area contributed by atoms with Crippen molar-refractivity contribution in [3.05, 3.63) is 59.6 Å². The smallest absolute Gasteiger partial charge is 0.255 e. The van der Waals surface area contributed by atoms with Crippen LogP contribution >= 0.6 is 11.3 Å². The molecule has 0 bridgehead atoms. The summed E-state index contributed by atoms with van der Waals surface area (Å²) in [6.45, 7) is 8.34. The molecule has 1 unspecified atom stereocenters. The first kappa shape index (κ1) is 20.8. The summed E-state index contributed by atoms with van der Waals surface area (Å²) in [7, 11) is 0. The fourth-order valence-electron chi connectivity index (χ4n) is 3.84. The molecule has 0 aliphatic carbocycles. The third kappa shape index (κ3) is 4.64. The minimum absolute atomic E-state index is 0.0838. The highest BCUT2D eigenvalue weighted by molar-refractivity contribution is 7.13. The summed E-state index contributed by atoms with van der Waals surface area (Å²) in [5.41, 5.74) is 2.26. The van der Waals surface area contributed by atoms with E-state index in [1.165, 1.54) is 0 Å². The molecule has 1 fully saturated rings. The first-order valence-electron chi connectivity index (χ1n) is 10.4. The number of morpholine rings is 1. The zero-order valence-corrected chi connectivity index (χ0v) is 18.3. The van der Waals surface area contributed by atoms with Crippen molar-refractivity contribution in [1.29, 1.82) is 0 Å². The second kappa shape index (κ2) is 9.55. The van der Waals surface area contributed by atoms with E-state index in [1.54, 1.807) is 16.0 Å². The second-order valence-electron chi connectivity index (χ2n) is 7.82. The average molecular weight is 425 g/mol. The Labute approximate surface area is 181 Å². The predicted octanol–water partition coefficient (Wildman–Crippen LogP) is 3.69. The van der Waals surface area contributed by atoms with E-state index in [1.807, 2.05) is 54.0 Å². The quantitative estimate of drug-likeness (QED) is 0.629. The van der Waals surface area contributed by atoms with Crippen molar-refractivity contribution in [2.45, 2.75) is 19.9 Å². The van der Waals surface area contributed by atoms with Gasteiger partial charge in [0, 0.05) is 31.9 Å². The first-order valence-corrected chi connectivity index (χ1v) is 11.3. The maximum absolute atomic E-state index is 13.2. The number of rotatable bonds is 7. The van der Waals surface area contributed by atoms with Gasteiger partial charge in [0.15, 0.2) is 0 Å². The summed E-state index contributed by atoms with van der Waals surface area (Å²) in [6.07, 6.45) is 1.83. The highest BCUT2D eigenvalue weighted by Gasteiger charge is 2.26. The van der Waals surface area contributed by atoms with Crippen LogP contribution in [0.5, 0.6) is 0 Å². The summed E-state index contributed by atoms with van der Waals surface area (Å²) in [6, 6.07) is 14.2. The predicted molar refractivity (Wildman–Crippen MR) is 120 cm³/mol. The lowest BCUT2D eigenvalue weighted by molar-refractivity contribution is 0.00673. The van der Waals surface area contributed by atoms with E-state index in [-0.39, 0.29) is 11.9 Å². The standard InChI is InChI=1S/C23H28N4O2S/c1-17(2)20(26-10-12-29-13-11-26)15-24-23(28)19-16-27(18-7-4-3-5-8-18)25-22(19)21-9-6-14-30-21/h3-9,14,16-17,20H,10-13,15H2,1-2H3,(H,24,28). The maximum Gasteiger partial charge on any atom is 0.255 e. The third-order valence-electron chi connectivity index (χ3n) is 5.49. The van der Waals surface area contributed by atoms with Gasteiger partial charge in [-0.05, 0) is 29.5 Å². The Morgan fingerprint density at radius 3 is 2.60 bits per heavy atom. The highest BCUT2D eigenvalue weighted by atomic mass is 32.1. The second-order valence-corrected chi connectivity index (χ2v) is 8.77. The molecular weight excluding hydrogens is 396 g/mol. The van der Waals surface area contributed by atoms with E-state index >= 15 is 0 Å². The number of nitrogens with one attached hydrogen (secondary N) is 1. The normalized spacial score (nSPS) is 16.0. The van der Waals surface area contributed by atoms with Crippen molar-refractivity contribution in [3.8, 4) is 16.3 Å². The average Bonchev–Trinajstić information content (AvgIpc) is 3.45. The molecular formula is C23H28N4O2S. The number of thiophene rings is 1. The molecule has 1 aliphatic heterocycles. The Bertz CT molecular complexity index is 947. The molecule has 4 rings (SSSR count). The lowest BCUT2D eigenvalue weighted by Crippen LogP contribution is -2.51. The van der Waals surface area contributed by atoms with Crippen molar-refractivity contribution in [2.24, 2.45) is 5.92 Å². The van der Waals surface area contributed by atoms with Crippen LogP contribution in [0.2, 0.25) is 0 Å². The summed E-state index contributed by atoms with van der Waals surface area (Å²) in [5.74, 6) is 0.353. The Balaban J connectivity index is 1.56. The minimum atomic E-state index is -0.0838. The zero-order valence-electron chi connectivity index (χ0n) is 17.5. The fraction of sp³-hybridized carbons (Fsp3) is 0.391. The summed E-state index contributed by atoms with van der Waals surface area (Å²) < 4.78 is 7.27. The number of ether oxygens (including phenoxy) is 1. The molecule has 0 spiro atoms. The largest absolute Gasteiger partial charge is 0.379 e. The Hall–Kier alpha value is -2.48. The molecule has 1 amide bonds. The number of benzene rings is 1. The molecule has 7 heteroatoms. The van der Waals surface area contributed by atoms with E-state index in [2.05, 4.69) is 24.1 Å². The molecule has 1 N–H and O–H groups in total. The Morgan fingerprint density at radius 1 is 1.17 bits per heavy atom. The number of carbonyl (C=O) groups is 1. The number of hydrogen-bond donors (Lipinski definition) is 1. The Kier molecular flexibility index (Phi) is 6.62. The monoisotopic (exact) mass is 424 g/mol. The van der Waals surface area contributed by atoms with E-state index in [4.69, 9.17) is 9.84 Å². The molecule has 1 atom stereocenters. The zero-order chi connectivity index (χ0) is 20.9. The van der Waals surface area contributed by atoms with Gasteiger partial charge in [-0.2, -0.15) is 5.10 Å². The highest BCUT2D eigenvalue weighted by Crippen LogP contribution is 2.28. The maximum atomic E-state index is 13.2. The molecule has 30 heavy (non-hydrogen) atoms. The van der Waals surface area contributed by atoms with Crippen molar-refractivity contribution >= 4 is 17.2 Å². The fourth-order valence-corrected chi connectivity index (χ4v) is 4.56. The van der Waals surface area contributed by atoms with Crippen molar-refractivity contribution in [2.75, 3.05) is 32.8 Å². The van der Waals surface area contributed by atoms with Crippen LogP contribution in [0.1, 0.15) is 24.2 Å². The molecule has 1 aromatic carbocycles. The first-order chi connectivity index (χ1) is 14.6. The van der Waals surface area contributed by atoms with Gasteiger partial charge in [0.05, 0.1) is 29.3 Å². The van der Waals surface area contributed by atoms with Gasteiger partial charge in [-0.15, -0.1) is 11.3 Å². The van der Waals surface area contributed by atoms with Crippen LogP contribution < -0.4 is 5.32 Å². The lowest BCUT2D eigenvalue weighted by atomic mass is 10.0. The number of nitrogens with zero attached hydrogens (tertiary/aromatic N) is 3. The van der Waals surface area contributed by atoms with Crippen LogP contribution in [0.4, 0.5) is 0 Å². The van der Waals surface area contributed by atoms with Crippen molar-refractivity contribution < 1.29 is 9.53 Å². The van der Waals surface area contributed by atoms with Gasteiger partial charge in [-0.1, -0.05) is 38.1 Å². The van der Waals surface area contributed by atoms with Crippen LogP contribution in [0.15, 0.2) is 54.0 Å². The van der Waals surface area contributed by atoms with Crippen molar-refractivity contribution in [3.63, 3.8) is 0 Å². The van der Waals surface area contributed by atoms with Crippen LogP contribution in [0, 0.1) is 5.92 Å². The van der Waals surface area contributed by atoms with Gasteiger partial charge >= 0.3 is 0 Å². The minimum Gasteiger partial charge on any atom is -0.379 e. The summed E-state index contributed by atoms with van der Waals surface area (Å²) in [5, 5.41) is 9.92. The van der Waals surface area contributed by atoms with Gasteiger partial charge in [0.2, 0.25) is 0 Å². The molecule has 158 valence electrons. The van der Waals surface area contributed by atoms with Crippen LogP contribution in [0.25, 0.3) is 16.3 Å².